The highest BCUT2D eigenvalue weighted by Crippen LogP contribution is 2.45. The number of aryl methyl sites for hydroxylation is 1. The van der Waals surface area contributed by atoms with Crippen LogP contribution in [0.1, 0.15) is 33.9 Å². The van der Waals surface area contributed by atoms with Gasteiger partial charge in [-0.2, -0.15) is 0 Å². The van der Waals surface area contributed by atoms with Crippen molar-refractivity contribution in [3.63, 3.8) is 0 Å². The number of ether oxygens (including phenoxy) is 2. The van der Waals surface area contributed by atoms with E-state index in [9.17, 15) is 4.79 Å². The Hall–Kier alpha value is -3.27. The van der Waals surface area contributed by atoms with Gasteiger partial charge in [0.15, 0.2) is 17.3 Å². The van der Waals surface area contributed by atoms with Crippen LogP contribution in [0.3, 0.4) is 0 Å². The van der Waals surface area contributed by atoms with Crippen LogP contribution in [0.5, 0.6) is 11.5 Å². The highest BCUT2D eigenvalue weighted by Gasteiger charge is 2.34. The fraction of sp³-hybridized carbons (Fsp3) is 0.174. The summed E-state index contributed by atoms with van der Waals surface area (Å²) >= 11 is 0. The molecule has 0 aromatic heterocycles. The van der Waals surface area contributed by atoms with Crippen LogP contribution in [0.15, 0.2) is 66.7 Å². The van der Waals surface area contributed by atoms with Gasteiger partial charge < -0.3 is 14.4 Å². The third-order valence-electron chi connectivity index (χ3n) is 5.25. The Bertz CT molecular complexity index is 1030. The topological polar surface area (TPSA) is 38.8 Å². The minimum absolute atomic E-state index is 0.0930. The summed E-state index contributed by atoms with van der Waals surface area (Å²) in [6, 6.07) is 22.1. The van der Waals surface area contributed by atoms with Gasteiger partial charge in [-0.25, -0.2) is 0 Å². The Morgan fingerprint density at radius 1 is 0.926 bits per heavy atom. The van der Waals surface area contributed by atoms with Crippen molar-refractivity contribution in [2.24, 2.45) is 0 Å². The van der Waals surface area contributed by atoms with Crippen molar-refractivity contribution in [1.82, 2.24) is 0 Å². The second kappa shape index (κ2) is 6.16. The molecule has 2 aliphatic rings. The lowest BCUT2D eigenvalue weighted by Crippen LogP contribution is -2.32. The first-order valence-electron chi connectivity index (χ1n) is 9.08. The van der Waals surface area contributed by atoms with Gasteiger partial charge in [0.25, 0.3) is 0 Å². The fourth-order valence-corrected chi connectivity index (χ4v) is 3.88. The molecular weight excluding hydrogens is 338 g/mol. The molecule has 0 N–H and O–H groups in total. The number of para-hydroxylation sites is 1. The number of hydrogen-bond acceptors (Lipinski definition) is 4. The van der Waals surface area contributed by atoms with E-state index in [2.05, 4.69) is 36.1 Å². The van der Waals surface area contributed by atoms with Crippen LogP contribution in [-0.2, 0) is 0 Å². The normalized spacial score (nSPS) is 17.7. The van der Waals surface area contributed by atoms with Crippen LogP contribution in [0, 0.1) is 6.92 Å². The average Bonchev–Trinajstić information content (AvgIpc) is 3.17. The van der Waals surface area contributed by atoms with E-state index in [0.29, 0.717) is 6.42 Å². The highest BCUT2D eigenvalue weighted by atomic mass is 16.7. The SMILES string of the molecule is Cc1ccc(N2c3ccccc3C(=O)CC2c2ccc3c(c2)OCO3)cc1. The van der Waals surface area contributed by atoms with Gasteiger partial charge in [-0.15, -0.1) is 0 Å². The summed E-state index contributed by atoms with van der Waals surface area (Å²) in [6.07, 6.45) is 0.421. The fourth-order valence-electron chi connectivity index (χ4n) is 3.88. The number of anilines is 2. The van der Waals surface area contributed by atoms with Crippen molar-refractivity contribution in [3.05, 3.63) is 83.4 Å². The van der Waals surface area contributed by atoms with E-state index in [1.54, 1.807) is 0 Å². The molecule has 0 saturated heterocycles. The molecule has 0 bridgehead atoms. The molecule has 0 amide bonds. The highest BCUT2D eigenvalue weighted by molar-refractivity contribution is 6.05. The molecule has 3 aromatic carbocycles. The molecule has 2 heterocycles. The number of fused-ring (bicyclic) bond motifs is 2. The van der Waals surface area contributed by atoms with Crippen molar-refractivity contribution in [3.8, 4) is 11.5 Å². The number of Topliss-reactive ketones (excluding diaryl/α,β-unsaturated/α-hetero) is 1. The van der Waals surface area contributed by atoms with Crippen molar-refractivity contribution in [2.45, 2.75) is 19.4 Å². The zero-order valence-electron chi connectivity index (χ0n) is 15.0. The molecule has 5 rings (SSSR count). The van der Waals surface area contributed by atoms with Crippen LogP contribution < -0.4 is 14.4 Å². The molecule has 4 heteroatoms. The summed E-state index contributed by atoms with van der Waals surface area (Å²) in [5, 5.41) is 0. The Balaban J connectivity index is 1.67. The van der Waals surface area contributed by atoms with Crippen LogP contribution in [0.4, 0.5) is 11.4 Å². The second-order valence-electron chi connectivity index (χ2n) is 6.98. The maximum absolute atomic E-state index is 12.9. The van der Waals surface area contributed by atoms with E-state index in [0.717, 1.165) is 34.0 Å². The van der Waals surface area contributed by atoms with Gasteiger partial charge in [-0.05, 0) is 48.9 Å². The maximum atomic E-state index is 12.9. The van der Waals surface area contributed by atoms with Gasteiger partial charge in [0, 0.05) is 17.7 Å². The molecule has 3 aromatic rings. The standard InChI is InChI=1S/C23H19NO3/c1-15-6-9-17(10-7-15)24-19-5-3-2-4-18(19)21(25)13-20(24)16-8-11-22-23(12-16)27-14-26-22/h2-12,20H,13-14H2,1H3. The molecule has 0 aliphatic carbocycles. The first-order valence-corrected chi connectivity index (χ1v) is 9.08. The van der Waals surface area contributed by atoms with Crippen LogP contribution >= 0.6 is 0 Å². The molecule has 0 saturated carbocycles. The number of ketones is 1. The lowest BCUT2D eigenvalue weighted by Gasteiger charge is -2.38. The summed E-state index contributed by atoms with van der Waals surface area (Å²) in [7, 11) is 0. The number of benzene rings is 3. The summed E-state index contributed by atoms with van der Waals surface area (Å²) in [6.45, 7) is 2.32. The van der Waals surface area contributed by atoms with E-state index in [-0.39, 0.29) is 18.6 Å². The predicted octanol–water partition coefficient (Wildman–Crippen LogP) is 5.19. The first-order chi connectivity index (χ1) is 13.2. The molecule has 134 valence electrons. The molecule has 1 atom stereocenters. The van der Waals surface area contributed by atoms with Crippen LogP contribution in [-0.4, -0.2) is 12.6 Å². The Morgan fingerprint density at radius 3 is 2.56 bits per heavy atom. The molecular formula is C23H19NO3. The number of rotatable bonds is 2. The lowest BCUT2D eigenvalue weighted by molar-refractivity contribution is 0.0968. The summed E-state index contributed by atoms with van der Waals surface area (Å²) in [5.41, 5.74) is 5.04. The van der Waals surface area contributed by atoms with Crippen molar-refractivity contribution >= 4 is 17.2 Å². The van der Waals surface area contributed by atoms with E-state index in [1.807, 2.05) is 42.5 Å². The smallest absolute Gasteiger partial charge is 0.231 e. The van der Waals surface area contributed by atoms with E-state index in [1.165, 1.54) is 5.56 Å². The molecule has 0 spiro atoms. The maximum Gasteiger partial charge on any atom is 0.231 e. The molecule has 27 heavy (non-hydrogen) atoms. The van der Waals surface area contributed by atoms with Gasteiger partial charge in [-0.3, -0.25) is 4.79 Å². The third-order valence-corrected chi connectivity index (χ3v) is 5.25. The Kier molecular flexibility index (Phi) is 3.64. The van der Waals surface area contributed by atoms with Gasteiger partial charge >= 0.3 is 0 Å². The van der Waals surface area contributed by atoms with Crippen molar-refractivity contribution < 1.29 is 14.3 Å². The minimum Gasteiger partial charge on any atom is -0.454 e. The molecule has 4 nitrogen and oxygen atoms in total. The number of nitrogens with zero attached hydrogens (tertiary/aromatic N) is 1. The number of carbonyl (C=O) groups excluding carboxylic acids is 1. The zero-order valence-corrected chi connectivity index (χ0v) is 15.0. The number of hydrogen-bond donors (Lipinski definition) is 0. The van der Waals surface area contributed by atoms with Crippen molar-refractivity contribution in [1.29, 1.82) is 0 Å². The van der Waals surface area contributed by atoms with E-state index >= 15 is 0 Å². The molecule has 0 fully saturated rings. The van der Waals surface area contributed by atoms with Crippen LogP contribution in [0.2, 0.25) is 0 Å². The monoisotopic (exact) mass is 357 g/mol. The quantitative estimate of drug-likeness (QED) is 0.633. The molecule has 0 radical (unpaired) electrons. The molecule has 1 unspecified atom stereocenters. The Labute approximate surface area is 158 Å². The Morgan fingerprint density at radius 2 is 1.70 bits per heavy atom. The first kappa shape index (κ1) is 15.9. The van der Waals surface area contributed by atoms with Gasteiger partial charge in [-0.1, -0.05) is 35.9 Å². The number of carbonyl (C=O) groups is 1. The summed E-state index contributed by atoms with van der Waals surface area (Å²) in [4.78, 5) is 15.1. The predicted molar refractivity (Wildman–Crippen MR) is 104 cm³/mol. The summed E-state index contributed by atoms with van der Waals surface area (Å²) < 4.78 is 11.0. The largest absolute Gasteiger partial charge is 0.454 e. The van der Waals surface area contributed by atoms with Gasteiger partial charge in [0.05, 0.1) is 11.7 Å². The van der Waals surface area contributed by atoms with Crippen LogP contribution in [0.25, 0.3) is 0 Å². The molecule has 2 aliphatic heterocycles. The minimum atomic E-state index is -0.0930. The van der Waals surface area contributed by atoms with Crippen molar-refractivity contribution in [2.75, 3.05) is 11.7 Å². The van der Waals surface area contributed by atoms with E-state index < -0.39 is 0 Å². The van der Waals surface area contributed by atoms with E-state index in [4.69, 9.17) is 9.47 Å². The average molecular weight is 357 g/mol. The summed E-state index contributed by atoms with van der Waals surface area (Å²) in [5.74, 6) is 1.66. The third kappa shape index (κ3) is 2.65. The second-order valence-corrected chi connectivity index (χ2v) is 6.98. The lowest BCUT2D eigenvalue weighted by atomic mass is 9.89. The zero-order chi connectivity index (χ0) is 18.4. The van der Waals surface area contributed by atoms with Gasteiger partial charge in [0.2, 0.25) is 6.79 Å². The van der Waals surface area contributed by atoms with Gasteiger partial charge in [0.1, 0.15) is 0 Å².